The number of rotatable bonds is 8. The van der Waals surface area contributed by atoms with Gasteiger partial charge in [0.15, 0.2) is 0 Å². The highest BCUT2D eigenvalue weighted by Crippen LogP contribution is 2.40. The van der Waals surface area contributed by atoms with Gasteiger partial charge in [-0.05, 0) is 71.8 Å². The maximum absolute atomic E-state index is 12.4. The van der Waals surface area contributed by atoms with Gasteiger partial charge in [0.25, 0.3) is 0 Å². The summed E-state index contributed by atoms with van der Waals surface area (Å²) in [6, 6.07) is 28.9. The minimum Gasteiger partial charge on any atom is -0.496 e. The molecule has 0 saturated carbocycles. The summed E-state index contributed by atoms with van der Waals surface area (Å²) in [4.78, 5) is 14.6. The van der Waals surface area contributed by atoms with Crippen LogP contribution >= 0.6 is 0 Å². The summed E-state index contributed by atoms with van der Waals surface area (Å²) < 4.78 is 16.8. The second-order valence-corrected chi connectivity index (χ2v) is 9.59. The first kappa shape index (κ1) is 24.7. The number of benzene rings is 4. The van der Waals surface area contributed by atoms with Gasteiger partial charge in [0.05, 0.1) is 26.5 Å². The van der Waals surface area contributed by atoms with Crippen LogP contribution in [0.3, 0.4) is 0 Å². The normalized spacial score (nSPS) is 15.5. The van der Waals surface area contributed by atoms with Crippen LogP contribution in [0, 0.1) is 0 Å². The summed E-state index contributed by atoms with van der Waals surface area (Å²) in [6.45, 7) is 3.02. The van der Waals surface area contributed by atoms with Crippen LogP contribution in [0.2, 0.25) is 0 Å². The number of nitrogens with zero attached hydrogens (tertiary/aromatic N) is 1. The fraction of sp³-hybridized carbons (Fsp3) is 0.281. The SMILES string of the molecule is COC(=O)c1cc(N2CC(CCC[C@H](C)c3cccc4ccccc34)Oc3ccccc32)ccc1OC. The van der Waals surface area contributed by atoms with E-state index in [1.165, 1.54) is 23.4 Å². The Hall–Kier alpha value is -3.99. The Morgan fingerprint density at radius 2 is 1.78 bits per heavy atom. The van der Waals surface area contributed by atoms with E-state index >= 15 is 0 Å². The third kappa shape index (κ3) is 5.12. The third-order valence-corrected chi connectivity index (χ3v) is 7.25. The maximum Gasteiger partial charge on any atom is 0.341 e. The number of anilines is 2. The number of fused-ring (bicyclic) bond motifs is 2. The minimum absolute atomic E-state index is 0.0401. The van der Waals surface area contributed by atoms with Gasteiger partial charge in [0.1, 0.15) is 23.2 Å². The van der Waals surface area contributed by atoms with Crippen molar-refractivity contribution in [3.8, 4) is 11.5 Å². The molecule has 37 heavy (non-hydrogen) atoms. The van der Waals surface area contributed by atoms with Crippen LogP contribution in [0.4, 0.5) is 11.4 Å². The van der Waals surface area contributed by atoms with Gasteiger partial charge in [-0.15, -0.1) is 0 Å². The summed E-state index contributed by atoms with van der Waals surface area (Å²) in [6.07, 6.45) is 3.13. The fourth-order valence-electron chi connectivity index (χ4n) is 5.31. The van der Waals surface area contributed by atoms with E-state index in [9.17, 15) is 4.79 Å². The first-order chi connectivity index (χ1) is 18.1. The van der Waals surface area contributed by atoms with Gasteiger partial charge in [0.2, 0.25) is 0 Å². The van der Waals surface area contributed by atoms with Crippen LogP contribution in [0.5, 0.6) is 11.5 Å². The number of para-hydroxylation sites is 2. The Kier molecular flexibility index (Phi) is 7.31. The van der Waals surface area contributed by atoms with Crippen molar-refractivity contribution in [3.05, 3.63) is 96.1 Å². The molecule has 190 valence electrons. The molecule has 5 nitrogen and oxygen atoms in total. The van der Waals surface area contributed by atoms with Gasteiger partial charge in [-0.2, -0.15) is 0 Å². The first-order valence-corrected chi connectivity index (χ1v) is 12.9. The second kappa shape index (κ2) is 11.0. The van der Waals surface area contributed by atoms with Gasteiger partial charge in [0, 0.05) is 5.69 Å². The van der Waals surface area contributed by atoms with Crippen LogP contribution in [0.15, 0.2) is 84.9 Å². The molecule has 1 heterocycles. The molecule has 1 unspecified atom stereocenters. The lowest BCUT2D eigenvalue weighted by molar-refractivity contribution is 0.0597. The van der Waals surface area contributed by atoms with Crippen molar-refractivity contribution in [2.75, 3.05) is 25.7 Å². The highest BCUT2D eigenvalue weighted by Gasteiger charge is 2.28. The zero-order chi connectivity index (χ0) is 25.8. The Labute approximate surface area is 218 Å². The molecule has 0 radical (unpaired) electrons. The third-order valence-electron chi connectivity index (χ3n) is 7.25. The van der Waals surface area contributed by atoms with Crippen molar-refractivity contribution in [1.82, 2.24) is 0 Å². The van der Waals surface area contributed by atoms with Gasteiger partial charge >= 0.3 is 5.97 Å². The number of hydrogen-bond donors (Lipinski definition) is 0. The van der Waals surface area contributed by atoms with Crippen molar-refractivity contribution >= 4 is 28.1 Å². The Morgan fingerprint density at radius 1 is 1.00 bits per heavy atom. The molecule has 1 aliphatic rings. The highest BCUT2D eigenvalue weighted by molar-refractivity contribution is 5.94. The van der Waals surface area contributed by atoms with E-state index < -0.39 is 5.97 Å². The minimum atomic E-state index is -0.417. The summed E-state index contributed by atoms with van der Waals surface area (Å²) in [5.74, 6) is 1.40. The second-order valence-electron chi connectivity index (χ2n) is 9.59. The highest BCUT2D eigenvalue weighted by atomic mass is 16.5. The number of carbonyl (C=O) groups excluding carboxylic acids is 1. The van der Waals surface area contributed by atoms with Crippen LogP contribution in [-0.4, -0.2) is 32.8 Å². The van der Waals surface area contributed by atoms with E-state index in [2.05, 4.69) is 60.4 Å². The van der Waals surface area contributed by atoms with E-state index in [-0.39, 0.29) is 6.10 Å². The van der Waals surface area contributed by atoms with Gasteiger partial charge < -0.3 is 19.1 Å². The number of ether oxygens (including phenoxy) is 3. The molecular weight excluding hydrogens is 462 g/mol. The maximum atomic E-state index is 12.4. The number of hydrogen-bond acceptors (Lipinski definition) is 5. The van der Waals surface area contributed by atoms with Crippen molar-refractivity contribution < 1.29 is 19.0 Å². The Morgan fingerprint density at radius 3 is 2.62 bits per heavy atom. The molecule has 5 heteroatoms. The fourth-order valence-corrected chi connectivity index (χ4v) is 5.31. The lowest BCUT2D eigenvalue weighted by atomic mass is 9.90. The largest absolute Gasteiger partial charge is 0.496 e. The van der Waals surface area contributed by atoms with Gasteiger partial charge in [-0.1, -0.05) is 61.5 Å². The van der Waals surface area contributed by atoms with Crippen molar-refractivity contribution in [3.63, 3.8) is 0 Å². The molecule has 0 spiro atoms. The van der Waals surface area contributed by atoms with E-state index in [1.807, 2.05) is 36.4 Å². The van der Waals surface area contributed by atoms with Crippen molar-refractivity contribution in [2.24, 2.45) is 0 Å². The molecular formula is C32H33NO4. The molecule has 0 fully saturated rings. The molecule has 1 aliphatic heterocycles. The smallest absolute Gasteiger partial charge is 0.341 e. The zero-order valence-corrected chi connectivity index (χ0v) is 21.6. The molecule has 0 aromatic heterocycles. The zero-order valence-electron chi connectivity index (χ0n) is 21.6. The summed E-state index contributed by atoms with van der Waals surface area (Å²) in [5, 5.41) is 2.63. The van der Waals surface area contributed by atoms with E-state index in [0.717, 1.165) is 36.4 Å². The monoisotopic (exact) mass is 495 g/mol. The van der Waals surface area contributed by atoms with Gasteiger partial charge in [-0.3, -0.25) is 0 Å². The number of carbonyl (C=O) groups is 1. The van der Waals surface area contributed by atoms with E-state index in [1.54, 1.807) is 7.11 Å². The molecule has 5 rings (SSSR count). The molecule has 4 aromatic carbocycles. The lowest BCUT2D eigenvalue weighted by Gasteiger charge is -2.36. The van der Waals surface area contributed by atoms with Crippen LogP contribution < -0.4 is 14.4 Å². The molecule has 0 amide bonds. The molecule has 2 atom stereocenters. The topological polar surface area (TPSA) is 48.0 Å². The molecule has 0 aliphatic carbocycles. The standard InChI is InChI=1S/C32H33NO4/c1-22(26-15-9-12-23-11-4-5-14-27(23)26)10-8-13-25-21-33(29-16-6-7-17-31(29)37-25)24-18-19-30(35-2)28(20-24)32(34)36-3/h4-7,9,11-12,14-20,22,25H,8,10,13,21H2,1-3H3/t22-,25?/m0/s1. The summed E-state index contributed by atoms with van der Waals surface area (Å²) in [5.41, 5.74) is 3.71. The summed E-state index contributed by atoms with van der Waals surface area (Å²) >= 11 is 0. The first-order valence-electron chi connectivity index (χ1n) is 12.9. The van der Waals surface area contributed by atoms with E-state index in [4.69, 9.17) is 14.2 Å². The Balaban J connectivity index is 1.33. The molecule has 4 aromatic rings. The average Bonchev–Trinajstić information content (AvgIpc) is 2.95. The molecule has 0 bridgehead atoms. The molecule has 0 saturated heterocycles. The van der Waals surface area contributed by atoms with Gasteiger partial charge in [-0.25, -0.2) is 4.79 Å². The van der Waals surface area contributed by atoms with Crippen molar-refractivity contribution in [2.45, 2.75) is 38.2 Å². The van der Waals surface area contributed by atoms with Crippen LogP contribution in [-0.2, 0) is 4.74 Å². The summed E-state index contributed by atoms with van der Waals surface area (Å²) in [7, 11) is 2.94. The van der Waals surface area contributed by atoms with Crippen LogP contribution in [0.25, 0.3) is 10.8 Å². The van der Waals surface area contributed by atoms with Crippen molar-refractivity contribution in [1.29, 1.82) is 0 Å². The Bertz CT molecular complexity index is 1390. The number of esters is 1. The van der Waals surface area contributed by atoms with E-state index in [0.29, 0.717) is 23.8 Å². The number of methoxy groups -OCH3 is 2. The predicted molar refractivity (Wildman–Crippen MR) is 148 cm³/mol. The predicted octanol–water partition coefficient (Wildman–Crippen LogP) is 7.51. The average molecular weight is 496 g/mol. The quantitative estimate of drug-likeness (QED) is 0.237. The molecule has 0 N–H and O–H groups in total. The van der Waals surface area contributed by atoms with Crippen LogP contribution in [0.1, 0.15) is 48.0 Å². The lowest BCUT2D eigenvalue weighted by Crippen LogP contribution is -2.37.